The third-order valence-corrected chi connectivity index (χ3v) is 5.42. The number of rotatable bonds is 2. The normalized spacial score (nSPS) is 13.0. The van der Waals surface area contributed by atoms with Gasteiger partial charge in [-0.25, -0.2) is 9.67 Å². The molecule has 1 aliphatic heterocycles. The highest BCUT2D eigenvalue weighted by Gasteiger charge is 2.38. The lowest BCUT2D eigenvalue weighted by atomic mass is 10.0. The minimum atomic E-state index is -4.75. The summed E-state index contributed by atoms with van der Waals surface area (Å²) in [5, 5.41) is 7.40. The van der Waals surface area contributed by atoms with Gasteiger partial charge in [-0.2, -0.15) is 18.3 Å². The lowest BCUT2D eigenvalue weighted by Crippen LogP contribution is -2.29. The molecule has 166 valence electrons. The molecule has 0 radical (unpaired) electrons. The molecule has 0 atom stereocenters. The number of hydrogen-bond donors (Lipinski definition) is 1. The molecule has 0 fully saturated rings. The molecule has 5 rings (SSSR count). The van der Waals surface area contributed by atoms with Crippen molar-refractivity contribution in [2.75, 3.05) is 10.2 Å². The van der Waals surface area contributed by atoms with E-state index in [1.807, 2.05) is 0 Å². The molecule has 4 aromatic rings. The Morgan fingerprint density at radius 3 is 2.64 bits per heavy atom. The second kappa shape index (κ2) is 7.77. The molecule has 33 heavy (non-hydrogen) atoms. The van der Waals surface area contributed by atoms with Crippen molar-refractivity contribution in [2.45, 2.75) is 19.6 Å². The molecule has 6 nitrogen and oxygen atoms in total. The van der Waals surface area contributed by atoms with Gasteiger partial charge in [0.15, 0.2) is 0 Å². The molecule has 0 spiro atoms. The number of fused-ring (bicyclic) bond motifs is 2. The standard InChI is InChI=1S/C24H18F3N5O/c1-15-10-12-31(30-15)17-8-9-18(19(13-17)24(25,26)27)23(33)32-21-7-3-2-6-20(21)29-14-16-5-4-11-28-22(16)32/h2-13,29H,14H2,1H3. The van der Waals surface area contributed by atoms with Gasteiger partial charge in [0.2, 0.25) is 0 Å². The van der Waals surface area contributed by atoms with E-state index in [9.17, 15) is 18.0 Å². The fraction of sp³-hybridized carbons (Fsp3) is 0.125. The number of benzene rings is 2. The van der Waals surface area contributed by atoms with Crippen LogP contribution in [0, 0.1) is 6.92 Å². The highest BCUT2D eigenvalue weighted by atomic mass is 19.4. The zero-order valence-electron chi connectivity index (χ0n) is 17.5. The van der Waals surface area contributed by atoms with Gasteiger partial charge in [-0.3, -0.25) is 9.69 Å². The Morgan fingerprint density at radius 1 is 1.06 bits per heavy atom. The molecule has 9 heteroatoms. The SMILES string of the molecule is Cc1ccn(-c2ccc(C(=O)N3c4ccccc4NCc4cccnc43)c(C(F)(F)F)c2)n1. The van der Waals surface area contributed by atoms with Crippen molar-refractivity contribution in [3.63, 3.8) is 0 Å². The Hall–Kier alpha value is -4.14. The summed E-state index contributed by atoms with van der Waals surface area (Å²) >= 11 is 0. The molecule has 0 bridgehead atoms. The molecular weight excluding hydrogens is 431 g/mol. The zero-order valence-corrected chi connectivity index (χ0v) is 17.5. The van der Waals surface area contributed by atoms with Gasteiger partial charge < -0.3 is 5.32 Å². The van der Waals surface area contributed by atoms with E-state index in [0.29, 0.717) is 35.0 Å². The highest BCUT2D eigenvalue weighted by molar-refractivity contribution is 6.13. The number of carbonyl (C=O) groups excluding carboxylic acids is 1. The van der Waals surface area contributed by atoms with Gasteiger partial charge in [-0.1, -0.05) is 18.2 Å². The molecule has 1 amide bonds. The molecule has 3 heterocycles. The average molecular weight is 449 g/mol. The van der Waals surface area contributed by atoms with Crippen LogP contribution in [0.1, 0.15) is 27.2 Å². The number of aromatic nitrogens is 3. The molecule has 1 aliphatic rings. The number of anilines is 3. The van der Waals surface area contributed by atoms with Crippen LogP contribution >= 0.6 is 0 Å². The van der Waals surface area contributed by atoms with Crippen LogP contribution in [-0.2, 0) is 12.7 Å². The van der Waals surface area contributed by atoms with Gasteiger partial charge in [0.25, 0.3) is 5.91 Å². The summed E-state index contributed by atoms with van der Waals surface area (Å²) in [6.45, 7) is 2.13. The van der Waals surface area contributed by atoms with Crippen LogP contribution < -0.4 is 10.2 Å². The number of amides is 1. The average Bonchev–Trinajstić information content (AvgIpc) is 3.16. The van der Waals surface area contributed by atoms with Gasteiger partial charge in [-0.05, 0) is 49.4 Å². The Kier molecular flexibility index (Phi) is 4.88. The summed E-state index contributed by atoms with van der Waals surface area (Å²) in [7, 11) is 0. The smallest absolute Gasteiger partial charge is 0.379 e. The maximum Gasteiger partial charge on any atom is 0.417 e. The lowest BCUT2D eigenvalue weighted by molar-refractivity contribution is -0.137. The van der Waals surface area contributed by atoms with Crippen molar-refractivity contribution in [3.05, 3.63) is 95.4 Å². The second-order valence-electron chi connectivity index (χ2n) is 7.63. The van der Waals surface area contributed by atoms with E-state index in [4.69, 9.17) is 0 Å². The van der Waals surface area contributed by atoms with E-state index in [-0.39, 0.29) is 5.69 Å². The van der Waals surface area contributed by atoms with Crippen LogP contribution in [0.4, 0.5) is 30.4 Å². The van der Waals surface area contributed by atoms with Crippen LogP contribution in [0.5, 0.6) is 0 Å². The summed E-state index contributed by atoms with van der Waals surface area (Å²) in [6.07, 6.45) is -1.66. The van der Waals surface area contributed by atoms with Crippen molar-refractivity contribution < 1.29 is 18.0 Å². The van der Waals surface area contributed by atoms with Gasteiger partial charge in [0.05, 0.1) is 33.9 Å². The highest BCUT2D eigenvalue weighted by Crippen LogP contribution is 2.40. The Bertz CT molecular complexity index is 1310. The summed E-state index contributed by atoms with van der Waals surface area (Å²) in [5.74, 6) is -0.526. The van der Waals surface area contributed by atoms with Crippen LogP contribution in [-0.4, -0.2) is 20.7 Å². The Balaban J connectivity index is 1.69. The molecule has 0 unspecified atom stereocenters. The maximum absolute atomic E-state index is 14.1. The Labute approximate surface area is 187 Å². The van der Waals surface area contributed by atoms with Crippen LogP contribution in [0.2, 0.25) is 0 Å². The quantitative estimate of drug-likeness (QED) is 0.439. The minimum Gasteiger partial charge on any atom is -0.379 e. The molecule has 0 saturated carbocycles. The summed E-state index contributed by atoms with van der Waals surface area (Å²) in [4.78, 5) is 19.3. The number of nitrogens with one attached hydrogen (secondary N) is 1. The third-order valence-electron chi connectivity index (χ3n) is 5.42. The zero-order chi connectivity index (χ0) is 23.2. The first kappa shape index (κ1) is 20.7. The third kappa shape index (κ3) is 3.71. The van der Waals surface area contributed by atoms with E-state index in [0.717, 1.165) is 6.07 Å². The molecule has 0 aliphatic carbocycles. The number of nitrogens with zero attached hydrogens (tertiary/aromatic N) is 4. The van der Waals surface area contributed by atoms with Crippen LogP contribution in [0.3, 0.4) is 0 Å². The number of alkyl halides is 3. The molecule has 2 aromatic heterocycles. The lowest BCUT2D eigenvalue weighted by Gasteiger charge is -2.25. The van der Waals surface area contributed by atoms with Crippen molar-refractivity contribution in [1.29, 1.82) is 0 Å². The monoisotopic (exact) mass is 449 g/mol. The minimum absolute atomic E-state index is 0.212. The number of para-hydroxylation sites is 2. The van der Waals surface area contributed by atoms with Crippen molar-refractivity contribution >= 4 is 23.1 Å². The molecule has 1 N–H and O–H groups in total. The van der Waals surface area contributed by atoms with E-state index >= 15 is 0 Å². The van der Waals surface area contributed by atoms with Gasteiger partial charge in [-0.15, -0.1) is 0 Å². The van der Waals surface area contributed by atoms with Gasteiger partial charge in [0.1, 0.15) is 5.82 Å². The number of aryl methyl sites for hydroxylation is 1. The maximum atomic E-state index is 14.1. The number of pyridine rings is 1. The summed E-state index contributed by atoms with van der Waals surface area (Å²) in [6, 6.07) is 15.8. The fourth-order valence-corrected chi connectivity index (χ4v) is 3.87. The van der Waals surface area contributed by atoms with Crippen LogP contribution in [0.25, 0.3) is 5.69 Å². The van der Waals surface area contributed by atoms with E-state index in [2.05, 4.69) is 15.4 Å². The predicted molar refractivity (Wildman–Crippen MR) is 118 cm³/mol. The number of halogens is 3. The molecular formula is C24H18F3N5O. The molecule has 0 saturated heterocycles. The topological polar surface area (TPSA) is 63.1 Å². The van der Waals surface area contributed by atoms with Crippen molar-refractivity contribution in [1.82, 2.24) is 14.8 Å². The summed E-state index contributed by atoms with van der Waals surface area (Å²) in [5.41, 5.74) is 1.12. The first-order chi connectivity index (χ1) is 15.8. The second-order valence-corrected chi connectivity index (χ2v) is 7.63. The van der Waals surface area contributed by atoms with Gasteiger partial charge in [0, 0.05) is 24.5 Å². The summed E-state index contributed by atoms with van der Waals surface area (Å²) < 4.78 is 43.7. The largest absolute Gasteiger partial charge is 0.417 e. The molecule has 2 aromatic carbocycles. The van der Waals surface area contributed by atoms with E-state index in [1.165, 1.54) is 27.9 Å². The number of carbonyl (C=O) groups is 1. The predicted octanol–water partition coefficient (Wildman–Crippen LogP) is 5.50. The Morgan fingerprint density at radius 2 is 1.88 bits per heavy atom. The van der Waals surface area contributed by atoms with E-state index in [1.54, 1.807) is 55.6 Å². The van der Waals surface area contributed by atoms with Crippen molar-refractivity contribution in [2.24, 2.45) is 0 Å². The van der Waals surface area contributed by atoms with Gasteiger partial charge >= 0.3 is 6.18 Å². The fourth-order valence-electron chi connectivity index (χ4n) is 3.87. The van der Waals surface area contributed by atoms with E-state index < -0.39 is 23.2 Å². The van der Waals surface area contributed by atoms with Crippen molar-refractivity contribution in [3.8, 4) is 5.69 Å². The first-order valence-electron chi connectivity index (χ1n) is 10.2. The van der Waals surface area contributed by atoms with Crippen LogP contribution in [0.15, 0.2) is 73.1 Å². The number of hydrogen-bond acceptors (Lipinski definition) is 4. The first-order valence-corrected chi connectivity index (χ1v) is 10.2.